The summed E-state index contributed by atoms with van der Waals surface area (Å²) < 4.78 is 0. The van der Waals surface area contributed by atoms with Crippen molar-refractivity contribution in [3.8, 4) is 0 Å². The summed E-state index contributed by atoms with van der Waals surface area (Å²) >= 11 is 0. The molecule has 0 rings (SSSR count). The van der Waals surface area contributed by atoms with Crippen LogP contribution >= 0.6 is 0 Å². The van der Waals surface area contributed by atoms with Crippen LogP contribution in [0.4, 0.5) is 0 Å². The van der Waals surface area contributed by atoms with Gasteiger partial charge in [-0.05, 0) is 0 Å². The molecule has 0 amide bonds. The van der Waals surface area contributed by atoms with Gasteiger partial charge in [0.2, 0.25) is 0 Å². The van der Waals surface area contributed by atoms with Crippen LogP contribution in [0.15, 0.2) is 0 Å². The predicted octanol–water partition coefficient (Wildman–Crippen LogP) is -3.31. The van der Waals surface area contributed by atoms with Crippen molar-refractivity contribution in [1.82, 2.24) is 0 Å². The van der Waals surface area contributed by atoms with Gasteiger partial charge in [-0.15, -0.1) is 0 Å². The van der Waals surface area contributed by atoms with E-state index in [4.69, 9.17) is 0 Å². The fourth-order valence-electron chi connectivity index (χ4n) is 0. The third kappa shape index (κ3) is 106. The molecule has 0 fully saturated rings. The molecular formula is H8Co4O4. The van der Waals surface area contributed by atoms with Gasteiger partial charge >= 0.3 is 0 Å². The molecule has 0 saturated carbocycles. The second-order valence-corrected chi connectivity index (χ2v) is 0. The summed E-state index contributed by atoms with van der Waals surface area (Å²) in [5, 5.41) is 0. The van der Waals surface area contributed by atoms with Gasteiger partial charge in [-0.3, -0.25) is 0 Å². The van der Waals surface area contributed by atoms with E-state index in [9.17, 15) is 0 Å². The van der Waals surface area contributed by atoms with Crippen molar-refractivity contribution in [2.75, 3.05) is 0 Å². The number of rotatable bonds is 0. The van der Waals surface area contributed by atoms with Gasteiger partial charge < -0.3 is 21.9 Å². The fourth-order valence-corrected chi connectivity index (χ4v) is 0. The molecule has 0 aliphatic rings. The Kier molecular flexibility index (Phi) is 4390. The molecule has 0 bridgehead atoms. The van der Waals surface area contributed by atoms with Crippen LogP contribution in [0.3, 0.4) is 0 Å². The van der Waals surface area contributed by atoms with Crippen molar-refractivity contribution >= 4 is 0 Å². The molecule has 68 valence electrons. The smallest absolute Gasteiger partial charge is 0 e. The van der Waals surface area contributed by atoms with E-state index >= 15 is 0 Å². The molecule has 0 saturated heterocycles. The molecule has 0 aliphatic heterocycles. The van der Waals surface area contributed by atoms with Gasteiger partial charge in [0.15, 0.2) is 0 Å². The summed E-state index contributed by atoms with van der Waals surface area (Å²) in [6.07, 6.45) is 0. The Hall–Kier alpha value is 1.87. The van der Waals surface area contributed by atoms with Gasteiger partial charge in [-0.2, -0.15) is 0 Å². The minimum atomic E-state index is 0. The zero-order valence-electron chi connectivity index (χ0n) is 3.33. The van der Waals surface area contributed by atoms with E-state index in [0.29, 0.717) is 0 Å². The third-order valence-corrected chi connectivity index (χ3v) is 0. The summed E-state index contributed by atoms with van der Waals surface area (Å²) in [5.74, 6) is 0. The van der Waals surface area contributed by atoms with Gasteiger partial charge in [-0.1, -0.05) is 0 Å². The van der Waals surface area contributed by atoms with Gasteiger partial charge in [0.05, 0.1) is 0 Å². The number of hydrogen-bond donors (Lipinski definition) is 0. The van der Waals surface area contributed by atoms with Crippen molar-refractivity contribution in [2.24, 2.45) is 0 Å². The topological polar surface area (TPSA) is 126 Å². The SMILES string of the molecule is O.O.O.O.[Co].[Co].[Co].[Co]. The van der Waals surface area contributed by atoms with Crippen molar-refractivity contribution < 1.29 is 89.0 Å². The molecule has 8 heteroatoms. The molecule has 4 nitrogen and oxygen atoms in total. The summed E-state index contributed by atoms with van der Waals surface area (Å²) in [4.78, 5) is 0. The van der Waals surface area contributed by atoms with Crippen LogP contribution < -0.4 is 0 Å². The first-order valence-corrected chi connectivity index (χ1v) is 0. The Labute approximate surface area is 88.6 Å². The van der Waals surface area contributed by atoms with Crippen LogP contribution in [0.5, 0.6) is 0 Å². The maximum Gasteiger partial charge on any atom is 0 e. The summed E-state index contributed by atoms with van der Waals surface area (Å²) in [6.45, 7) is 0. The first-order valence-electron chi connectivity index (χ1n) is 0. The van der Waals surface area contributed by atoms with Crippen LogP contribution in [-0.4, -0.2) is 21.9 Å². The normalized spacial score (nSPS) is 0. The Balaban J connectivity index is 0. The average Bonchev–Trinajstić information content (AvgIpc) is 0. The van der Waals surface area contributed by atoms with Gasteiger partial charge in [0, 0.05) is 67.1 Å². The largest absolute Gasteiger partial charge is 0.412 e. The van der Waals surface area contributed by atoms with Gasteiger partial charge in [0.25, 0.3) is 0 Å². The van der Waals surface area contributed by atoms with Crippen LogP contribution in [-0.2, 0) is 67.1 Å². The first kappa shape index (κ1) is 223. The monoisotopic (exact) mass is 308 g/mol. The molecule has 4 radical (unpaired) electrons. The van der Waals surface area contributed by atoms with E-state index in [0.717, 1.165) is 0 Å². The van der Waals surface area contributed by atoms with Crippen molar-refractivity contribution in [3.05, 3.63) is 0 Å². The van der Waals surface area contributed by atoms with Crippen molar-refractivity contribution in [2.45, 2.75) is 0 Å². The molecular weight excluding hydrogens is 300 g/mol. The molecule has 0 unspecified atom stereocenters. The Morgan fingerprint density at radius 2 is 0.250 bits per heavy atom. The molecule has 0 aliphatic carbocycles. The van der Waals surface area contributed by atoms with E-state index in [-0.39, 0.29) is 89.0 Å². The van der Waals surface area contributed by atoms with E-state index in [1.165, 1.54) is 0 Å². The maximum absolute atomic E-state index is 0. The molecule has 0 aromatic carbocycles. The average molecular weight is 308 g/mol. The Bertz CT molecular complexity index is 8.00. The van der Waals surface area contributed by atoms with E-state index in [1.54, 1.807) is 0 Å². The minimum absolute atomic E-state index is 0. The second-order valence-electron chi connectivity index (χ2n) is 0. The molecule has 0 atom stereocenters. The minimum Gasteiger partial charge on any atom is -0.412 e. The van der Waals surface area contributed by atoms with E-state index in [1.807, 2.05) is 0 Å². The van der Waals surface area contributed by atoms with Crippen LogP contribution in [0.1, 0.15) is 0 Å². The predicted molar refractivity (Wildman–Crippen MR) is 14.5 cm³/mol. The standard InChI is InChI=1S/4Co.4H2O/h;;;;4*1H2. The summed E-state index contributed by atoms with van der Waals surface area (Å²) in [7, 11) is 0. The quantitative estimate of drug-likeness (QED) is 0.444. The Morgan fingerprint density at radius 1 is 0.250 bits per heavy atom. The summed E-state index contributed by atoms with van der Waals surface area (Å²) in [5.41, 5.74) is 0. The van der Waals surface area contributed by atoms with Gasteiger partial charge in [0.1, 0.15) is 0 Å². The second kappa shape index (κ2) is 158. The van der Waals surface area contributed by atoms with Crippen LogP contribution in [0, 0.1) is 0 Å². The molecule has 0 heterocycles. The Morgan fingerprint density at radius 3 is 0.250 bits per heavy atom. The van der Waals surface area contributed by atoms with Crippen molar-refractivity contribution in [3.63, 3.8) is 0 Å². The summed E-state index contributed by atoms with van der Waals surface area (Å²) in [6, 6.07) is 0. The zero-order valence-corrected chi connectivity index (χ0v) is 7.50. The van der Waals surface area contributed by atoms with E-state index < -0.39 is 0 Å². The first-order chi connectivity index (χ1) is 0. The molecule has 8 N–H and O–H groups in total. The third-order valence-electron chi connectivity index (χ3n) is 0. The molecule has 8 heavy (non-hydrogen) atoms. The fraction of sp³-hybridized carbons (Fsp3) is 0. The zero-order chi connectivity index (χ0) is 0. The van der Waals surface area contributed by atoms with E-state index in [2.05, 4.69) is 0 Å². The van der Waals surface area contributed by atoms with Crippen LogP contribution in [0.2, 0.25) is 0 Å². The maximum atomic E-state index is 0. The molecule has 0 aromatic heterocycles. The van der Waals surface area contributed by atoms with Gasteiger partial charge in [-0.25, -0.2) is 0 Å². The molecule has 0 spiro atoms. The molecule has 0 aromatic rings. The van der Waals surface area contributed by atoms with Crippen LogP contribution in [0.25, 0.3) is 0 Å². The number of hydrogen-bond acceptors (Lipinski definition) is 0. The van der Waals surface area contributed by atoms with Crippen molar-refractivity contribution in [1.29, 1.82) is 0 Å².